The summed E-state index contributed by atoms with van der Waals surface area (Å²) in [6, 6.07) is 4.01. The van der Waals surface area contributed by atoms with Gasteiger partial charge in [-0.3, -0.25) is 14.9 Å². The van der Waals surface area contributed by atoms with E-state index in [2.05, 4.69) is 0 Å². The number of nitrogens with two attached hydrogens (primary N) is 1. The SMILES string of the molecule is Nc1ccc([N+](=O)[O-])cc1C(=O)N1CCOCC12CCCC2. The normalized spacial score (nSPS) is 20.3. The van der Waals surface area contributed by atoms with Gasteiger partial charge in [0, 0.05) is 24.4 Å². The predicted molar refractivity (Wildman–Crippen MR) is 80.6 cm³/mol. The number of nitrogens with zero attached hydrogens (tertiary/aromatic N) is 2. The summed E-state index contributed by atoms with van der Waals surface area (Å²) in [5.41, 5.74) is 5.98. The van der Waals surface area contributed by atoms with Crippen LogP contribution in [0.15, 0.2) is 18.2 Å². The molecule has 1 aromatic rings. The zero-order chi connectivity index (χ0) is 15.7. The first-order valence-electron chi connectivity index (χ1n) is 7.47. The molecule has 1 aromatic carbocycles. The number of non-ortho nitro benzene ring substituents is 1. The Labute approximate surface area is 128 Å². The molecule has 2 aliphatic rings. The third kappa shape index (κ3) is 2.41. The van der Waals surface area contributed by atoms with Crippen molar-refractivity contribution < 1.29 is 14.5 Å². The number of hydrogen-bond donors (Lipinski definition) is 1. The first kappa shape index (κ1) is 14.8. The van der Waals surface area contributed by atoms with E-state index in [0.717, 1.165) is 25.7 Å². The molecular weight excluding hydrogens is 286 g/mol. The van der Waals surface area contributed by atoms with Gasteiger partial charge in [0.25, 0.3) is 11.6 Å². The molecule has 0 bridgehead atoms. The van der Waals surface area contributed by atoms with Crippen LogP contribution >= 0.6 is 0 Å². The van der Waals surface area contributed by atoms with Crippen molar-refractivity contribution in [2.75, 3.05) is 25.5 Å². The molecule has 7 heteroatoms. The first-order chi connectivity index (χ1) is 10.5. The van der Waals surface area contributed by atoms with Crippen LogP contribution in [0.2, 0.25) is 0 Å². The number of rotatable bonds is 2. The first-order valence-corrected chi connectivity index (χ1v) is 7.47. The molecule has 1 spiro atoms. The summed E-state index contributed by atoms with van der Waals surface area (Å²) in [7, 11) is 0. The number of nitro groups is 1. The monoisotopic (exact) mass is 305 g/mol. The van der Waals surface area contributed by atoms with Crippen LogP contribution in [0.3, 0.4) is 0 Å². The summed E-state index contributed by atoms with van der Waals surface area (Å²) < 4.78 is 5.58. The van der Waals surface area contributed by atoms with Gasteiger partial charge < -0.3 is 15.4 Å². The lowest BCUT2D eigenvalue weighted by molar-refractivity contribution is -0.384. The summed E-state index contributed by atoms with van der Waals surface area (Å²) in [5.74, 6) is -0.230. The van der Waals surface area contributed by atoms with E-state index in [1.165, 1.54) is 18.2 Å². The number of amides is 1. The minimum Gasteiger partial charge on any atom is -0.398 e. The minimum absolute atomic E-state index is 0.119. The maximum atomic E-state index is 12.9. The van der Waals surface area contributed by atoms with Gasteiger partial charge in [-0.05, 0) is 18.9 Å². The van der Waals surface area contributed by atoms with E-state index >= 15 is 0 Å². The lowest BCUT2D eigenvalue weighted by Crippen LogP contribution is -2.57. The fourth-order valence-electron chi connectivity index (χ4n) is 3.49. The molecule has 1 saturated carbocycles. The van der Waals surface area contributed by atoms with Crippen molar-refractivity contribution in [3.8, 4) is 0 Å². The number of anilines is 1. The van der Waals surface area contributed by atoms with E-state index < -0.39 is 4.92 Å². The molecule has 2 fully saturated rings. The maximum Gasteiger partial charge on any atom is 0.270 e. The van der Waals surface area contributed by atoms with Gasteiger partial charge in [-0.25, -0.2) is 0 Å². The number of nitro benzene ring substituents is 1. The average Bonchev–Trinajstić information content (AvgIpc) is 2.96. The van der Waals surface area contributed by atoms with Crippen molar-refractivity contribution in [3.05, 3.63) is 33.9 Å². The highest BCUT2D eigenvalue weighted by molar-refractivity contribution is 6.00. The highest BCUT2D eigenvalue weighted by Crippen LogP contribution is 2.38. The van der Waals surface area contributed by atoms with Crippen molar-refractivity contribution in [1.29, 1.82) is 0 Å². The predicted octanol–water partition coefficient (Wildman–Crippen LogP) is 1.96. The molecule has 3 rings (SSSR count). The van der Waals surface area contributed by atoms with Crippen molar-refractivity contribution in [2.45, 2.75) is 31.2 Å². The Hall–Kier alpha value is -2.15. The van der Waals surface area contributed by atoms with Gasteiger partial charge >= 0.3 is 0 Å². The highest BCUT2D eigenvalue weighted by atomic mass is 16.6. The number of nitrogen functional groups attached to an aromatic ring is 1. The number of carbonyl (C=O) groups excluding carboxylic acids is 1. The second-order valence-electron chi connectivity index (χ2n) is 5.97. The van der Waals surface area contributed by atoms with Gasteiger partial charge in [-0.1, -0.05) is 12.8 Å². The fraction of sp³-hybridized carbons (Fsp3) is 0.533. The van der Waals surface area contributed by atoms with Crippen LogP contribution in [0.1, 0.15) is 36.0 Å². The third-order valence-electron chi connectivity index (χ3n) is 4.66. The fourth-order valence-corrected chi connectivity index (χ4v) is 3.49. The Morgan fingerprint density at radius 2 is 2.09 bits per heavy atom. The molecule has 1 saturated heterocycles. The molecule has 0 radical (unpaired) electrons. The highest BCUT2D eigenvalue weighted by Gasteiger charge is 2.44. The Kier molecular flexibility index (Phi) is 3.74. The maximum absolute atomic E-state index is 12.9. The minimum atomic E-state index is -0.513. The molecule has 1 heterocycles. The van der Waals surface area contributed by atoms with Crippen LogP contribution in [-0.2, 0) is 4.74 Å². The van der Waals surface area contributed by atoms with Gasteiger partial charge in [0.15, 0.2) is 0 Å². The zero-order valence-electron chi connectivity index (χ0n) is 12.3. The summed E-state index contributed by atoms with van der Waals surface area (Å²) in [6.07, 6.45) is 3.95. The number of carbonyl (C=O) groups is 1. The van der Waals surface area contributed by atoms with Gasteiger partial charge in [0.1, 0.15) is 0 Å². The lowest BCUT2D eigenvalue weighted by atomic mass is 9.93. The Morgan fingerprint density at radius 1 is 1.36 bits per heavy atom. The number of morpholine rings is 1. The second kappa shape index (κ2) is 5.57. The van der Waals surface area contributed by atoms with Crippen LogP contribution in [0, 0.1) is 10.1 Å². The topological polar surface area (TPSA) is 98.7 Å². The number of ether oxygens (including phenoxy) is 1. The van der Waals surface area contributed by atoms with Crippen LogP contribution < -0.4 is 5.73 Å². The van der Waals surface area contributed by atoms with Crippen molar-refractivity contribution >= 4 is 17.3 Å². The van der Waals surface area contributed by atoms with Gasteiger partial charge in [-0.15, -0.1) is 0 Å². The van der Waals surface area contributed by atoms with Crippen molar-refractivity contribution in [1.82, 2.24) is 4.90 Å². The summed E-state index contributed by atoms with van der Waals surface area (Å²) in [6.45, 7) is 1.52. The number of benzene rings is 1. The van der Waals surface area contributed by atoms with E-state index in [-0.39, 0.29) is 28.4 Å². The van der Waals surface area contributed by atoms with Crippen molar-refractivity contribution in [3.63, 3.8) is 0 Å². The van der Waals surface area contributed by atoms with Gasteiger partial charge in [0.2, 0.25) is 0 Å². The Bertz CT molecular complexity index is 611. The smallest absolute Gasteiger partial charge is 0.270 e. The third-order valence-corrected chi connectivity index (χ3v) is 4.66. The van der Waals surface area contributed by atoms with Crippen LogP contribution in [0.4, 0.5) is 11.4 Å². The Morgan fingerprint density at radius 3 is 2.77 bits per heavy atom. The van der Waals surface area contributed by atoms with E-state index in [1.54, 1.807) is 0 Å². The largest absolute Gasteiger partial charge is 0.398 e. The quantitative estimate of drug-likeness (QED) is 0.511. The summed E-state index contributed by atoms with van der Waals surface area (Å²) >= 11 is 0. The zero-order valence-corrected chi connectivity index (χ0v) is 12.3. The molecule has 0 aromatic heterocycles. The molecule has 1 amide bonds. The Balaban J connectivity index is 1.95. The standard InChI is InChI=1S/C15H19N3O4/c16-13-4-3-11(18(20)21)9-12(13)14(19)17-7-8-22-10-15(17)5-1-2-6-15/h3-4,9H,1-2,5-8,10,16H2. The number of hydrogen-bond acceptors (Lipinski definition) is 5. The van der Waals surface area contributed by atoms with Gasteiger partial charge in [-0.2, -0.15) is 0 Å². The molecule has 118 valence electrons. The van der Waals surface area contributed by atoms with Crippen LogP contribution in [0.5, 0.6) is 0 Å². The molecular formula is C15H19N3O4. The lowest BCUT2D eigenvalue weighted by Gasteiger charge is -2.44. The molecule has 1 aliphatic carbocycles. The van der Waals surface area contributed by atoms with E-state index in [0.29, 0.717) is 19.8 Å². The van der Waals surface area contributed by atoms with E-state index in [4.69, 9.17) is 10.5 Å². The average molecular weight is 305 g/mol. The van der Waals surface area contributed by atoms with Crippen molar-refractivity contribution in [2.24, 2.45) is 0 Å². The second-order valence-corrected chi connectivity index (χ2v) is 5.97. The van der Waals surface area contributed by atoms with Crippen LogP contribution in [0.25, 0.3) is 0 Å². The van der Waals surface area contributed by atoms with Gasteiger partial charge in [0.05, 0.1) is 29.2 Å². The molecule has 22 heavy (non-hydrogen) atoms. The molecule has 0 atom stereocenters. The molecule has 1 aliphatic heterocycles. The summed E-state index contributed by atoms with van der Waals surface area (Å²) in [4.78, 5) is 25.2. The van der Waals surface area contributed by atoms with E-state index in [9.17, 15) is 14.9 Å². The molecule has 7 nitrogen and oxygen atoms in total. The van der Waals surface area contributed by atoms with E-state index in [1.807, 2.05) is 4.90 Å². The van der Waals surface area contributed by atoms with Crippen LogP contribution in [-0.4, -0.2) is 41.0 Å². The molecule has 0 unspecified atom stereocenters. The molecule has 2 N–H and O–H groups in total. The summed E-state index contributed by atoms with van der Waals surface area (Å²) in [5, 5.41) is 10.9.